The first-order chi connectivity index (χ1) is 12.2. The molecule has 0 atom stereocenters. The first-order valence-corrected chi connectivity index (χ1v) is 7.99. The largest absolute Gasteiger partial charge is 0.495 e. The van der Waals surface area contributed by atoms with E-state index in [2.05, 4.69) is 5.32 Å². The van der Waals surface area contributed by atoms with Crippen LogP contribution in [0, 0.1) is 0 Å². The third-order valence-corrected chi connectivity index (χ3v) is 3.97. The van der Waals surface area contributed by atoms with Crippen LogP contribution in [-0.4, -0.2) is 22.6 Å². The van der Waals surface area contributed by atoms with Crippen LogP contribution in [-0.2, 0) is 20.1 Å². The summed E-state index contributed by atoms with van der Waals surface area (Å²) in [7, 11) is 3.54. The SMILES string of the molecule is COc1ccccc1NC(=O)N(Cc1ccco1)Cc1cccn1C. The number of ether oxygens (including phenoxy) is 1. The van der Waals surface area contributed by atoms with Gasteiger partial charge in [-0.1, -0.05) is 12.1 Å². The highest BCUT2D eigenvalue weighted by Crippen LogP contribution is 2.24. The number of furan rings is 1. The number of carbonyl (C=O) groups excluding carboxylic acids is 1. The molecule has 2 amide bonds. The zero-order valence-electron chi connectivity index (χ0n) is 14.3. The molecule has 1 N–H and O–H groups in total. The lowest BCUT2D eigenvalue weighted by Gasteiger charge is -2.23. The first-order valence-electron chi connectivity index (χ1n) is 7.99. The minimum atomic E-state index is -0.220. The van der Waals surface area contributed by atoms with Crippen LogP contribution < -0.4 is 10.1 Å². The van der Waals surface area contributed by atoms with Crippen molar-refractivity contribution in [2.24, 2.45) is 7.05 Å². The van der Waals surface area contributed by atoms with E-state index in [0.29, 0.717) is 24.5 Å². The molecule has 0 aliphatic heterocycles. The van der Waals surface area contributed by atoms with E-state index in [4.69, 9.17) is 9.15 Å². The zero-order chi connectivity index (χ0) is 17.6. The number of anilines is 1. The Kier molecular flexibility index (Phi) is 5.09. The minimum absolute atomic E-state index is 0.220. The quantitative estimate of drug-likeness (QED) is 0.742. The molecule has 0 spiro atoms. The molecule has 0 saturated carbocycles. The van der Waals surface area contributed by atoms with Gasteiger partial charge in [0.05, 0.1) is 32.1 Å². The van der Waals surface area contributed by atoms with E-state index in [1.165, 1.54) is 0 Å². The van der Waals surface area contributed by atoms with Gasteiger partial charge < -0.3 is 23.9 Å². The van der Waals surface area contributed by atoms with E-state index >= 15 is 0 Å². The maximum Gasteiger partial charge on any atom is 0.322 e. The standard InChI is InChI=1S/C19H21N3O3/c1-21-11-5-7-15(21)13-22(14-16-8-6-12-25-16)19(23)20-17-9-3-4-10-18(17)24-2/h3-12H,13-14H2,1-2H3,(H,20,23). The van der Waals surface area contributed by atoms with Gasteiger partial charge in [-0.3, -0.25) is 0 Å². The van der Waals surface area contributed by atoms with Crippen molar-refractivity contribution in [3.8, 4) is 5.75 Å². The molecule has 0 bridgehead atoms. The summed E-state index contributed by atoms with van der Waals surface area (Å²) in [6.07, 6.45) is 3.56. The number of methoxy groups -OCH3 is 1. The fourth-order valence-corrected chi connectivity index (χ4v) is 2.59. The number of urea groups is 1. The molecule has 1 aromatic carbocycles. The highest BCUT2D eigenvalue weighted by Gasteiger charge is 2.18. The maximum absolute atomic E-state index is 12.9. The molecule has 0 saturated heterocycles. The molecule has 6 nitrogen and oxygen atoms in total. The fraction of sp³-hybridized carbons (Fsp3) is 0.211. The summed E-state index contributed by atoms with van der Waals surface area (Å²) in [4.78, 5) is 14.5. The second-order valence-electron chi connectivity index (χ2n) is 5.68. The number of para-hydroxylation sites is 2. The number of benzene rings is 1. The van der Waals surface area contributed by atoms with Crippen LogP contribution in [0.25, 0.3) is 0 Å². The van der Waals surface area contributed by atoms with Crippen molar-refractivity contribution in [2.45, 2.75) is 13.1 Å². The summed E-state index contributed by atoms with van der Waals surface area (Å²) >= 11 is 0. The Bertz CT molecular complexity index is 824. The molecule has 0 aliphatic rings. The number of rotatable bonds is 6. The number of aryl methyl sites for hydroxylation is 1. The van der Waals surface area contributed by atoms with Crippen molar-refractivity contribution in [1.29, 1.82) is 0 Å². The van der Waals surface area contributed by atoms with E-state index in [1.807, 2.05) is 66.3 Å². The molecular formula is C19H21N3O3. The predicted octanol–water partition coefficient (Wildman–Crippen LogP) is 3.86. The van der Waals surface area contributed by atoms with Crippen molar-refractivity contribution in [3.05, 3.63) is 72.4 Å². The number of aromatic nitrogens is 1. The summed E-state index contributed by atoms with van der Waals surface area (Å²) in [6.45, 7) is 0.838. The number of nitrogens with zero attached hydrogens (tertiary/aromatic N) is 2. The van der Waals surface area contributed by atoms with Gasteiger partial charge in [0.25, 0.3) is 0 Å². The number of amides is 2. The van der Waals surface area contributed by atoms with Crippen LogP contribution in [0.3, 0.4) is 0 Å². The third kappa shape index (κ3) is 4.03. The highest BCUT2D eigenvalue weighted by molar-refractivity contribution is 5.90. The van der Waals surface area contributed by atoms with Gasteiger partial charge in [0.2, 0.25) is 0 Å². The molecular weight excluding hydrogens is 318 g/mol. The van der Waals surface area contributed by atoms with Gasteiger partial charge in [-0.25, -0.2) is 4.79 Å². The zero-order valence-corrected chi connectivity index (χ0v) is 14.3. The monoisotopic (exact) mass is 339 g/mol. The van der Waals surface area contributed by atoms with Gasteiger partial charge in [-0.15, -0.1) is 0 Å². The van der Waals surface area contributed by atoms with Gasteiger partial charge in [0.1, 0.15) is 11.5 Å². The average Bonchev–Trinajstić information content (AvgIpc) is 3.27. The summed E-state index contributed by atoms with van der Waals surface area (Å²) < 4.78 is 12.7. The molecule has 0 aliphatic carbocycles. The van der Waals surface area contributed by atoms with Gasteiger partial charge in [0.15, 0.2) is 0 Å². The Morgan fingerprint density at radius 3 is 2.68 bits per heavy atom. The topological polar surface area (TPSA) is 59.6 Å². The molecule has 3 rings (SSSR count). The van der Waals surface area contributed by atoms with Crippen LogP contribution in [0.1, 0.15) is 11.5 Å². The lowest BCUT2D eigenvalue weighted by Crippen LogP contribution is -2.34. The first kappa shape index (κ1) is 16.7. The van der Waals surface area contributed by atoms with Crippen molar-refractivity contribution >= 4 is 11.7 Å². The summed E-state index contributed by atoms with van der Waals surface area (Å²) in [5, 5.41) is 2.92. The van der Waals surface area contributed by atoms with E-state index in [9.17, 15) is 4.79 Å². The molecule has 2 heterocycles. The van der Waals surface area contributed by atoms with Crippen molar-refractivity contribution in [1.82, 2.24) is 9.47 Å². The minimum Gasteiger partial charge on any atom is -0.495 e. The molecule has 0 fully saturated rings. The van der Waals surface area contributed by atoms with E-state index < -0.39 is 0 Å². The van der Waals surface area contributed by atoms with Crippen LogP contribution in [0.5, 0.6) is 5.75 Å². The van der Waals surface area contributed by atoms with Crippen LogP contribution in [0.15, 0.2) is 65.4 Å². The average molecular weight is 339 g/mol. The van der Waals surface area contributed by atoms with Gasteiger partial charge in [-0.2, -0.15) is 0 Å². The Balaban J connectivity index is 1.80. The van der Waals surface area contributed by atoms with Crippen molar-refractivity contribution in [2.75, 3.05) is 12.4 Å². The van der Waals surface area contributed by atoms with Crippen LogP contribution >= 0.6 is 0 Å². The lowest BCUT2D eigenvalue weighted by molar-refractivity contribution is 0.199. The van der Waals surface area contributed by atoms with E-state index in [1.54, 1.807) is 18.3 Å². The molecule has 0 unspecified atom stereocenters. The molecule has 25 heavy (non-hydrogen) atoms. The molecule has 0 radical (unpaired) electrons. The van der Waals surface area contributed by atoms with E-state index in [0.717, 1.165) is 11.5 Å². The predicted molar refractivity (Wildman–Crippen MR) is 95.4 cm³/mol. The number of hydrogen-bond donors (Lipinski definition) is 1. The second kappa shape index (κ2) is 7.61. The Morgan fingerprint density at radius 2 is 2.00 bits per heavy atom. The molecule has 3 aromatic rings. The fourth-order valence-electron chi connectivity index (χ4n) is 2.59. The van der Waals surface area contributed by atoms with Gasteiger partial charge in [0, 0.05) is 18.9 Å². The van der Waals surface area contributed by atoms with E-state index in [-0.39, 0.29) is 6.03 Å². The van der Waals surface area contributed by atoms with Crippen LogP contribution in [0.4, 0.5) is 10.5 Å². The summed E-state index contributed by atoms with van der Waals surface area (Å²) in [5.41, 5.74) is 1.66. The number of carbonyl (C=O) groups is 1. The van der Waals surface area contributed by atoms with Crippen LogP contribution in [0.2, 0.25) is 0 Å². The summed E-state index contributed by atoms with van der Waals surface area (Å²) in [6, 6.07) is 14.7. The van der Waals surface area contributed by atoms with Crippen molar-refractivity contribution < 1.29 is 13.9 Å². The maximum atomic E-state index is 12.9. The molecule has 130 valence electrons. The number of nitrogens with one attached hydrogen (secondary N) is 1. The summed E-state index contributed by atoms with van der Waals surface area (Å²) in [5.74, 6) is 1.34. The molecule has 6 heteroatoms. The van der Waals surface area contributed by atoms with Crippen molar-refractivity contribution in [3.63, 3.8) is 0 Å². The smallest absolute Gasteiger partial charge is 0.322 e. The lowest BCUT2D eigenvalue weighted by atomic mass is 10.3. The third-order valence-electron chi connectivity index (χ3n) is 3.97. The molecule has 2 aromatic heterocycles. The Labute approximate surface area is 146 Å². The highest BCUT2D eigenvalue weighted by atomic mass is 16.5. The normalized spacial score (nSPS) is 10.5. The van der Waals surface area contributed by atoms with Gasteiger partial charge in [-0.05, 0) is 36.4 Å². The number of hydrogen-bond acceptors (Lipinski definition) is 3. The Hall–Kier alpha value is -3.15. The van der Waals surface area contributed by atoms with Gasteiger partial charge >= 0.3 is 6.03 Å². The second-order valence-corrected chi connectivity index (χ2v) is 5.68. The Morgan fingerprint density at radius 1 is 1.16 bits per heavy atom.